The molecule has 0 bridgehead atoms. The third-order valence-corrected chi connectivity index (χ3v) is 4.96. The second-order valence-corrected chi connectivity index (χ2v) is 6.45. The van der Waals surface area contributed by atoms with Crippen molar-refractivity contribution in [3.8, 4) is 5.75 Å². The molecule has 1 fully saturated rings. The Kier molecular flexibility index (Phi) is 3.92. The van der Waals surface area contributed by atoms with Crippen LogP contribution in [0.3, 0.4) is 0 Å². The lowest BCUT2D eigenvalue weighted by Gasteiger charge is -2.26. The highest BCUT2D eigenvalue weighted by Crippen LogP contribution is 2.33. The lowest BCUT2D eigenvalue weighted by atomic mass is 10.1. The number of rotatable bonds is 3. The summed E-state index contributed by atoms with van der Waals surface area (Å²) < 4.78 is 5.29. The summed E-state index contributed by atoms with van der Waals surface area (Å²) in [7, 11) is 1.63. The smallest absolute Gasteiger partial charge is 0.256 e. The Hall–Kier alpha value is -2.82. The van der Waals surface area contributed by atoms with Gasteiger partial charge < -0.3 is 14.5 Å². The Morgan fingerprint density at radius 3 is 2.80 bits per heavy atom. The van der Waals surface area contributed by atoms with Crippen LogP contribution in [0, 0.1) is 0 Å². The van der Waals surface area contributed by atoms with Crippen molar-refractivity contribution in [2.45, 2.75) is 25.4 Å². The molecule has 0 saturated carbocycles. The Balaban J connectivity index is 1.77. The van der Waals surface area contributed by atoms with Gasteiger partial charge in [0.2, 0.25) is 5.91 Å². The van der Waals surface area contributed by atoms with Crippen molar-refractivity contribution < 1.29 is 14.3 Å². The van der Waals surface area contributed by atoms with Crippen molar-refractivity contribution >= 4 is 17.5 Å². The average Bonchev–Trinajstić information content (AvgIpc) is 3.12. The molecule has 4 rings (SSSR count). The molecule has 25 heavy (non-hydrogen) atoms. The summed E-state index contributed by atoms with van der Waals surface area (Å²) in [4.78, 5) is 29.6. The molecule has 2 aromatic carbocycles. The summed E-state index contributed by atoms with van der Waals surface area (Å²) in [5.41, 5.74) is 2.26. The number of hydrogen-bond acceptors (Lipinski definition) is 3. The molecule has 2 heterocycles. The van der Waals surface area contributed by atoms with Gasteiger partial charge in [0.05, 0.1) is 24.9 Å². The monoisotopic (exact) mass is 336 g/mol. The molecule has 2 aliphatic heterocycles. The number of amides is 2. The van der Waals surface area contributed by atoms with E-state index in [0.717, 1.165) is 24.2 Å². The molecule has 0 unspecified atom stereocenters. The van der Waals surface area contributed by atoms with Crippen LogP contribution in [0.15, 0.2) is 48.5 Å². The highest BCUT2D eigenvalue weighted by atomic mass is 16.5. The molecule has 0 N–H and O–H groups in total. The van der Waals surface area contributed by atoms with Crippen LogP contribution < -0.4 is 9.64 Å². The number of para-hydroxylation sites is 1. The molecular weight excluding hydrogens is 316 g/mol. The SMILES string of the molecule is COc1cccc(CN2C(=O)[C@H]3CCCN3C(=O)c3ccccc32)c1. The molecule has 0 aromatic heterocycles. The zero-order chi connectivity index (χ0) is 17.4. The van der Waals surface area contributed by atoms with Crippen molar-refractivity contribution in [2.75, 3.05) is 18.6 Å². The van der Waals surface area contributed by atoms with Gasteiger partial charge in [-0.1, -0.05) is 24.3 Å². The van der Waals surface area contributed by atoms with Crippen LogP contribution in [-0.2, 0) is 11.3 Å². The summed E-state index contributed by atoms with van der Waals surface area (Å²) in [5, 5.41) is 0. The van der Waals surface area contributed by atoms with Gasteiger partial charge in [-0.25, -0.2) is 0 Å². The molecule has 0 spiro atoms. The summed E-state index contributed by atoms with van der Waals surface area (Å²) in [6, 6.07) is 14.7. The van der Waals surface area contributed by atoms with Gasteiger partial charge in [0.1, 0.15) is 11.8 Å². The van der Waals surface area contributed by atoms with Crippen molar-refractivity contribution in [3.63, 3.8) is 0 Å². The third kappa shape index (κ3) is 2.65. The fourth-order valence-electron chi connectivity index (χ4n) is 3.73. The molecular formula is C20H20N2O3. The zero-order valence-electron chi connectivity index (χ0n) is 14.1. The van der Waals surface area contributed by atoms with Crippen LogP contribution in [0.5, 0.6) is 5.75 Å². The van der Waals surface area contributed by atoms with Crippen LogP contribution in [-0.4, -0.2) is 36.4 Å². The number of anilines is 1. The van der Waals surface area contributed by atoms with Gasteiger partial charge >= 0.3 is 0 Å². The number of ether oxygens (including phenoxy) is 1. The molecule has 5 nitrogen and oxygen atoms in total. The van der Waals surface area contributed by atoms with Crippen LogP contribution in [0.1, 0.15) is 28.8 Å². The van der Waals surface area contributed by atoms with Gasteiger partial charge in [0.15, 0.2) is 0 Å². The van der Waals surface area contributed by atoms with E-state index in [1.807, 2.05) is 48.5 Å². The quantitative estimate of drug-likeness (QED) is 0.866. The summed E-state index contributed by atoms with van der Waals surface area (Å²) in [6.45, 7) is 1.07. The van der Waals surface area contributed by atoms with Gasteiger partial charge in [0.25, 0.3) is 5.91 Å². The van der Waals surface area contributed by atoms with Crippen molar-refractivity contribution in [2.24, 2.45) is 0 Å². The predicted octanol–water partition coefficient (Wildman–Crippen LogP) is 2.85. The molecule has 128 valence electrons. The Bertz CT molecular complexity index is 833. The predicted molar refractivity (Wildman–Crippen MR) is 94.7 cm³/mol. The average molecular weight is 336 g/mol. The van der Waals surface area contributed by atoms with Crippen molar-refractivity contribution in [1.82, 2.24) is 4.90 Å². The maximum atomic E-state index is 13.2. The van der Waals surface area contributed by atoms with Crippen molar-refractivity contribution in [1.29, 1.82) is 0 Å². The second-order valence-electron chi connectivity index (χ2n) is 6.45. The topological polar surface area (TPSA) is 49.9 Å². The summed E-state index contributed by atoms with van der Waals surface area (Å²) in [5.74, 6) is 0.713. The molecule has 2 aliphatic rings. The maximum Gasteiger partial charge on any atom is 0.256 e. The number of carbonyl (C=O) groups is 2. The van der Waals surface area contributed by atoms with E-state index in [2.05, 4.69) is 0 Å². The molecule has 1 saturated heterocycles. The summed E-state index contributed by atoms with van der Waals surface area (Å²) in [6.07, 6.45) is 1.60. The molecule has 0 radical (unpaired) electrons. The van der Waals surface area contributed by atoms with Crippen LogP contribution in [0.2, 0.25) is 0 Å². The number of fused-ring (bicyclic) bond motifs is 2. The normalized spacial score (nSPS) is 19.5. The van der Waals surface area contributed by atoms with E-state index in [1.165, 1.54) is 0 Å². The van der Waals surface area contributed by atoms with E-state index in [-0.39, 0.29) is 17.9 Å². The number of benzene rings is 2. The number of carbonyl (C=O) groups excluding carboxylic acids is 2. The highest BCUT2D eigenvalue weighted by molar-refractivity contribution is 6.11. The first-order chi connectivity index (χ1) is 12.2. The van der Waals surface area contributed by atoms with E-state index in [1.54, 1.807) is 16.9 Å². The minimum Gasteiger partial charge on any atom is -0.497 e. The van der Waals surface area contributed by atoms with Gasteiger partial charge in [-0.05, 0) is 42.7 Å². The molecule has 5 heteroatoms. The number of methoxy groups -OCH3 is 1. The van der Waals surface area contributed by atoms with Crippen LogP contribution in [0.4, 0.5) is 5.69 Å². The van der Waals surface area contributed by atoms with Crippen LogP contribution in [0.25, 0.3) is 0 Å². The minimum atomic E-state index is -0.356. The number of hydrogen-bond donors (Lipinski definition) is 0. The zero-order valence-corrected chi connectivity index (χ0v) is 14.1. The van der Waals surface area contributed by atoms with E-state index in [9.17, 15) is 9.59 Å². The Morgan fingerprint density at radius 2 is 1.96 bits per heavy atom. The van der Waals surface area contributed by atoms with E-state index in [4.69, 9.17) is 4.74 Å². The first-order valence-electron chi connectivity index (χ1n) is 8.53. The van der Waals surface area contributed by atoms with E-state index < -0.39 is 0 Å². The fraction of sp³-hybridized carbons (Fsp3) is 0.300. The number of nitrogens with zero attached hydrogens (tertiary/aromatic N) is 2. The fourth-order valence-corrected chi connectivity index (χ4v) is 3.73. The lowest BCUT2D eigenvalue weighted by Crippen LogP contribution is -2.44. The third-order valence-electron chi connectivity index (χ3n) is 4.96. The Labute approximate surface area is 146 Å². The molecule has 2 aromatic rings. The molecule has 2 amide bonds. The Morgan fingerprint density at radius 1 is 1.12 bits per heavy atom. The first-order valence-corrected chi connectivity index (χ1v) is 8.53. The lowest BCUT2D eigenvalue weighted by molar-refractivity contribution is -0.122. The molecule has 0 aliphatic carbocycles. The van der Waals surface area contributed by atoms with E-state index >= 15 is 0 Å². The van der Waals surface area contributed by atoms with Crippen molar-refractivity contribution in [3.05, 3.63) is 59.7 Å². The van der Waals surface area contributed by atoms with E-state index in [0.29, 0.717) is 24.3 Å². The second kappa shape index (κ2) is 6.24. The van der Waals surface area contributed by atoms with Gasteiger partial charge in [-0.3, -0.25) is 9.59 Å². The minimum absolute atomic E-state index is 0.00128. The van der Waals surface area contributed by atoms with Gasteiger partial charge in [0, 0.05) is 6.54 Å². The van der Waals surface area contributed by atoms with Gasteiger partial charge in [-0.2, -0.15) is 0 Å². The maximum absolute atomic E-state index is 13.2. The first kappa shape index (κ1) is 15.7. The molecule has 1 atom stereocenters. The van der Waals surface area contributed by atoms with Gasteiger partial charge in [-0.15, -0.1) is 0 Å². The largest absolute Gasteiger partial charge is 0.497 e. The summed E-state index contributed by atoms with van der Waals surface area (Å²) >= 11 is 0. The standard InChI is InChI=1S/C20H20N2O3/c1-25-15-7-4-6-14(12-15)13-22-17-9-3-2-8-16(17)19(23)21-11-5-10-18(21)20(22)24/h2-4,6-9,12,18H,5,10-11,13H2,1H3/t18-/m1/s1. The highest BCUT2D eigenvalue weighted by Gasteiger charge is 2.41. The van der Waals surface area contributed by atoms with Crippen LogP contribution >= 0.6 is 0 Å².